The number of nitrogens with one attached hydrogen (secondary N) is 1. The van der Waals surface area contributed by atoms with Crippen molar-refractivity contribution in [2.24, 2.45) is 0 Å². The van der Waals surface area contributed by atoms with E-state index in [1.807, 2.05) is 24.3 Å². The number of halogens is 1. The number of amides is 1. The molecule has 0 spiro atoms. The maximum Gasteiger partial charge on any atom is 0.270 e. The second kappa shape index (κ2) is 7.76. The molecule has 0 radical (unpaired) electrons. The van der Waals surface area contributed by atoms with Gasteiger partial charge in [0.15, 0.2) is 0 Å². The molecule has 1 amide bonds. The fraction of sp³-hybridized carbons (Fsp3) is 0.190. The molecule has 0 saturated carbocycles. The van der Waals surface area contributed by atoms with Gasteiger partial charge in [-0.15, -0.1) is 0 Å². The van der Waals surface area contributed by atoms with Gasteiger partial charge < -0.3 is 10.2 Å². The zero-order valence-corrected chi connectivity index (χ0v) is 15.5. The van der Waals surface area contributed by atoms with Crippen LogP contribution < -0.4 is 10.2 Å². The van der Waals surface area contributed by atoms with Gasteiger partial charge in [0.1, 0.15) is 5.69 Å². The van der Waals surface area contributed by atoms with Gasteiger partial charge in [0.25, 0.3) is 5.91 Å². The van der Waals surface area contributed by atoms with Crippen LogP contribution in [0.25, 0.3) is 0 Å². The Hall–Kier alpha value is -2.92. The second-order valence-corrected chi connectivity index (χ2v) is 6.87. The van der Waals surface area contributed by atoms with E-state index in [0.717, 1.165) is 30.6 Å². The van der Waals surface area contributed by atoms with Crippen LogP contribution in [0.2, 0.25) is 5.02 Å². The molecule has 6 heteroatoms. The number of benzene rings is 2. The number of anilines is 2. The number of para-hydroxylation sites is 1. The molecular weight excluding hydrogens is 360 g/mol. The van der Waals surface area contributed by atoms with Crippen molar-refractivity contribution in [3.8, 4) is 0 Å². The SMILES string of the molecule is O=C(NCc1ccc(Cl)cc1)c1ccnc(N2CCCc3ccccc32)n1. The highest BCUT2D eigenvalue weighted by Gasteiger charge is 2.20. The van der Waals surface area contributed by atoms with Crippen molar-refractivity contribution >= 4 is 29.1 Å². The van der Waals surface area contributed by atoms with Gasteiger partial charge >= 0.3 is 0 Å². The molecule has 1 aliphatic rings. The highest BCUT2D eigenvalue weighted by molar-refractivity contribution is 6.30. The molecule has 0 fully saturated rings. The van der Waals surface area contributed by atoms with E-state index in [2.05, 4.69) is 32.3 Å². The first kappa shape index (κ1) is 17.5. The van der Waals surface area contributed by atoms with Gasteiger partial charge in [0, 0.05) is 30.0 Å². The number of carbonyl (C=O) groups excluding carboxylic acids is 1. The summed E-state index contributed by atoms with van der Waals surface area (Å²) >= 11 is 5.89. The summed E-state index contributed by atoms with van der Waals surface area (Å²) in [4.78, 5) is 23.5. The fourth-order valence-corrected chi connectivity index (χ4v) is 3.35. The minimum atomic E-state index is -0.223. The van der Waals surface area contributed by atoms with Crippen molar-refractivity contribution < 1.29 is 4.79 Å². The Balaban J connectivity index is 1.51. The highest BCUT2D eigenvalue weighted by Crippen LogP contribution is 2.31. The molecule has 0 saturated heterocycles. The minimum absolute atomic E-state index is 0.223. The van der Waals surface area contributed by atoms with Gasteiger partial charge in [0.05, 0.1) is 0 Å². The van der Waals surface area contributed by atoms with Crippen LogP contribution in [0.4, 0.5) is 11.6 Å². The summed E-state index contributed by atoms with van der Waals surface area (Å²) in [6.07, 6.45) is 3.72. The third kappa shape index (κ3) is 3.93. The first-order valence-corrected chi connectivity index (χ1v) is 9.29. The number of carbonyl (C=O) groups is 1. The van der Waals surface area contributed by atoms with E-state index >= 15 is 0 Å². The number of hydrogen-bond acceptors (Lipinski definition) is 4. The number of hydrogen-bond donors (Lipinski definition) is 1. The second-order valence-electron chi connectivity index (χ2n) is 6.43. The molecule has 2 heterocycles. The standard InChI is InChI=1S/C21H19ClN4O/c22-17-9-7-15(8-10-17)14-24-20(27)18-11-12-23-21(25-18)26-13-3-5-16-4-1-2-6-19(16)26/h1-2,4,6-12H,3,5,13-14H2,(H,24,27). The van der Waals surface area contributed by atoms with E-state index in [-0.39, 0.29) is 5.91 Å². The van der Waals surface area contributed by atoms with Gasteiger partial charge in [-0.3, -0.25) is 4.79 Å². The highest BCUT2D eigenvalue weighted by atomic mass is 35.5. The fourth-order valence-electron chi connectivity index (χ4n) is 3.22. The van der Waals surface area contributed by atoms with Gasteiger partial charge in [-0.05, 0) is 48.2 Å². The van der Waals surface area contributed by atoms with Crippen molar-refractivity contribution in [2.45, 2.75) is 19.4 Å². The van der Waals surface area contributed by atoms with Crippen molar-refractivity contribution in [3.05, 3.63) is 82.6 Å². The molecule has 4 rings (SSSR count). The predicted molar refractivity (Wildman–Crippen MR) is 106 cm³/mol. The summed E-state index contributed by atoms with van der Waals surface area (Å²) in [5.41, 5.74) is 3.73. The zero-order valence-electron chi connectivity index (χ0n) is 14.7. The lowest BCUT2D eigenvalue weighted by molar-refractivity contribution is 0.0946. The third-order valence-corrected chi connectivity index (χ3v) is 4.85. The Morgan fingerprint density at radius 3 is 2.78 bits per heavy atom. The van der Waals surface area contributed by atoms with Crippen LogP contribution in [0.5, 0.6) is 0 Å². The van der Waals surface area contributed by atoms with Crippen LogP contribution in [0.15, 0.2) is 60.8 Å². The molecule has 1 N–H and O–H groups in total. The van der Waals surface area contributed by atoms with Gasteiger partial charge in [0.2, 0.25) is 5.95 Å². The summed E-state index contributed by atoms with van der Waals surface area (Å²) in [5, 5.41) is 3.57. The molecule has 1 aromatic heterocycles. The monoisotopic (exact) mass is 378 g/mol. The molecule has 2 aromatic carbocycles. The van der Waals surface area contributed by atoms with Crippen LogP contribution >= 0.6 is 11.6 Å². The van der Waals surface area contributed by atoms with Gasteiger partial charge in [-0.1, -0.05) is 41.9 Å². The van der Waals surface area contributed by atoms with E-state index in [1.165, 1.54) is 5.56 Å². The average molecular weight is 379 g/mol. The molecule has 5 nitrogen and oxygen atoms in total. The maximum absolute atomic E-state index is 12.5. The zero-order chi connectivity index (χ0) is 18.6. The van der Waals surface area contributed by atoms with Crippen molar-refractivity contribution in [2.75, 3.05) is 11.4 Å². The van der Waals surface area contributed by atoms with Crippen LogP contribution in [0.1, 0.15) is 28.0 Å². The molecule has 0 atom stereocenters. The van der Waals surface area contributed by atoms with E-state index in [0.29, 0.717) is 23.2 Å². The summed E-state index contributed by atoms with van der Waals surface area (Å²) in [5.74, 6) is 0.334. The maximum atomic E-state index is 12.5. The normalized spacial score (nSPS) is 13.1. The Morgan fingerprint density at radius 2 is 1.93 bits per heavy atom. The van der Waals surface area contributed by atoms with Gasteiger partial charge in [-0.25, -0.2) is 9.97 Å². The molecule has 0 unspecified atom stereocenters. The first-order chi connectivity index (χ1) is 13.2. The lowest BCUT2D eigenvalue weighted by Crippen LogP contribution is -2.28. The quantitative estimate of drug-likeness (QED) is 0.741. The van der Waals surface area contributed by atoms with Gasteiger partial charge in [-0.2, -0.15) is 0 Å². The van der Waals surface area contributed by atoms with Crippen molar-refractivity contribution in [1.82, 2.24) is 15.3 Å². The molecular formula is C21H19ClN4O. The van der Waals surface area contributed by atoms with Crippen LogP contribution in [-0.4, -0.2) is 22.4 Å². The molecule has 0 bridgehead atoms. The number of aryl methyl sites for hydroxylation is 1. The number of aromatic nitrogens is 2. The first-order valence-electron chi connectivity index (χ1n) is 8.92. The number of nitrogens with zero attached hydrogens (tertiary/aromatic N) is 3. The lowest BCUT2D eigenvalue weighted by Gasteiger charge is -2.29. The van der Waals surface area contributed by atoms with E-state index < -0.39 is 0 Å². The third-order valence-electron chi connectivity index (χ3n) is 4.59. The lowest BCUT2D eigenvalue weighted by atomic mass is 10.0. The number of rotatable bonds is 4. The molecule has 1 aliphatic heterocycles. The molecule has 27 heavy (non-hydrogen) atoms. The Kier molecular flexibility index (Phi) is 5.03. The van der Waals surface area contributed by atoms with E-state index in [4.69, 9.17) is 11.6 Å². The summed E-state index contributed by atoms with van der Waals surface area (Å²) in [6, 6.07) is 17.3. The summed E-state index contributed by atoms with van der Waals surface area (Å²) < 4.78 is 0. The smallest absolute Gasteiger partial charge is 0.270 e. The van der Waals surface area contributed by atoms with E-state index in [9.17, 15) is 4.79 Å². The number of fused-ring (bicyclic) bond motifs is 1. The minimum Gasteiger partial charge on any atom is -0.347 e. The molecule has 3 aromatic rings. The molecule has 0 aliphatic carbocycles. The van der Waals surface area contributed by atoms with Crippen LogP contribution in [0, 0.1) is 0 Å². The van der Waals surface area contributed by atoms with Crippen LogP contribution in [-0.2, 0) is 13.0 Å². The van der Waals surface area contributed by atoms with Crippen molar-refractivity contribution in [1.29, 1.82) is 0 Å². The predicted octanol–water partition coefficient (Wildman–Crippen LogP) is 4.14. The largest absolute Gasteiger partial charge is 0.347 e. The van der Waals surface area contributed by atoms with Crippen molar-refractivity contribution in [3.63, 3.8) is 0 Å². The topological polar surface area (TPSA) is 58.1 Å². The summed E-state index contributed by atoms with van der Waals surface area (Å²) in [7, 11) is 0. The average Bonchev–Trinajstić information content (AvgIpc) is 2.73. The summed E-state index contributed by atoms with van der Waals surface area (Å²) in [6.45, 7) is 1.26. The van der Waals surface area contributed by atoms with E-state index in [1.54, 1.807) is 24.4 Å². The Bertz CT molecular complexity index is 958. The van der Waals surface area contributed by atoms with Crippen LogP contribution in [0.3, 0.4) is 0 Å². The Morgan fingerprint density at radius 1 is 1.11 bits per heavy atom. The molecule has 136 valence electrons. The Labute approximate surface area is 163 Å².